The number of hydrogen-bond acceptors (Lipinski definition) is 1. The monoisotopic (exact) mass is 376 g/mol. The van der Waals surface area contributed by atoms with E-state index < -0.39 is 0 Å². The fraction of sp³-hybridized carbons (Fsp3) is 0.375. The minimum Gasteiger partial charge on any atom is -0.427 e. The van der Waals surface area contributed by atoms with Gasteiger partial charge < -0.3 is 4.57 Å². The van der Waals surface area contributed by atoms with Gasteiger partial charge in [-0.3, -0.25) is 4.99 Å². The number of aliphatic imine (C=N–C) groups is 1. The van der Waals surface area contributed by atoms with Crippen molar-refractivity contribution in [3.05, 3.63) is 17.3 Å². The molecule has 61 valence electrons. The van der Waals surface area contributed by atoms with Gasteiger partial charge in [0.05, 0.1) is 0 Å². The molecule has 0 aromatic carbocycles. The summed E-state index contributed by atoms with van der Waals surface area (Å²) in [5.41, 5.74) is 2.34. The van der Waals surface area contributed by atoms with Gasteiger partial charge in [-0.1, -0.05) is 13.8 Å². The predicted molar refractivity (Wildman–Crippen MR) is 42.9 cm³/mol. The fourth-order valence-corrected chi connectivity index (χ4v) is 0.898. The fourth-order valence-electron chi connectivity index (χ4n) is 0.898. The number of nitrogens with zero attached hydrogens (tertiary/aromatic N) is 2. The minimum atomic E-state index is 0. The third kappa shape index (κ3) is 1.67. The Morgan fingerprint density at radius 3 is 2.18 bits per heavy atom. The second-order valence-corrected chi connectivity index (χ2v) is 2.38. The normalized spacial score (nSPS) is 9.00. The summed E-state index contributed by atoms with van der Waals surface area (Å²) in [7, 11) is 1.96. The SMILES string of the molecule is C=Nc1[c-]c(C)c(C)n1C.[Am]. The summed E-state index contributed by atoms with van der Waals surface area (Å²) in [6, 6.07) is 3.10. The van der Waals surface area contributed by atoms with Crippen molar-refractivity contribution >= 4 is 12.5 Å². The van der Waals surface area contributed by atoms with E-state index in [1.165, 1.54) is 5.69 Å². The summed E-state index contributed by atoms with van der Waals surface area (Å²) in [5.74, 6) is 0.815. The van der Waals surface area contributed by atoms with Crippen LogP contribution < -0.4 is 0 Å². The van der Waals surface area contributed by atoms with E-state index in [-0.39, 0.29) is 14.3 Å². The zero-order valence-electron chi connectivity index (χ0n) is 6.98. The van der Waals surface area contributed by atoms with Gasteiger partial charge in [0.1, 0.15) is 0 Å². The molecule has 0 aliphatic heterocycles. The zero-order chi connectivity index (χ0) is 7.72. The molecule has 0 bridgehead atoms. The molecular formula is C8H11AmN2-. The quantitative estimate of drug-likeness (QED) is 0.524. The number of aromatic nitrogens is 1. The van der Waals surface area contributed by atoms with Gasteiger partial charge in [-0.15, -0.1) is 5.69 Å². The van der Waals surface area contributed by atoms with Crippen LogP contribution in [0.3, 0.4) is 0 Å². The van der Waals surface area contributed by atoms with Crippen molar-refractivity contribution in [3.8, 4) is 0 Å². The topological polar surface area (TPSA) is 17.3 Å². The summed E-state index contributed by atoms with van der Waals surface area (Å²) < 4.78 is 1.97. The average molecular weight is 378 g/mol. The molecule has 0 saturated heterocycles. The van der Waals surface area contributed by atoms with E-state index in [4.69, 9.17) is 0 Å². The van der Waals surface area contributed by atoms with E-state index in [1.54, 1.807) is 0 Å². The van der Waals surface area contributed by atoms with Crippen LogP contribution in [-0.4, -0.2) is 11.3 Å². The van der Waals surface area contributed by atoms with Gasteiger partial charge >= 0.3 is 0 Å². The summed E-state index contributed by atoms with van der Waals surface area (Å²) in [5, 5.41) is 0. The first-order valence-electron chi connectivity index (χ1n) is 3.18. The van der Waals surface area contributed by atoms with E-state index in [0.717, 1.165) is 11.4 Å². The van der Waals surface area contributed by atoms with Crippen LogP contribution in [-0.2, 0) is 7.05 Å². The van der Waals surface area contributed by atoms with Gasteiger partial charge in [0.25, 0.3) is 0 Å². The molecule has 0 spiro atoms. The van der Waals surface area contributed by atoms with E-state index in [0.29, 0.717) is 0 Å². The average Bonchev–Trinajstić information content (AvgIpc) is 2.17. The molecule has 0 fully saturated rings. The number of hydrogen-bond donors (Lipinski definition) is 0. The van der Waals surface area contributed by atoms with Crippen molar-refractivity contribution in [1.82, 2.24) is 4.57 Å². The van der Waals surface area contributed by atoms with Crippen LogP contribution >= 0.6 is 0 Å². The summed E-state index contributed by atoms with van der Waals surface area (Å²) >= 11 is 0. The van der Waals surface area contributed by atoms with Crippen molar-refractivity contribution in [2.45, 2.75) is 13.8 Å². The van der Waals surface area contributed by atoms with Crippen LogP contribution in [0.2, 0.25) is 0 Å². The first-order valence-corrected chi connectivity index (χ1v) is 3.18. The van der Waals surface area contributed by atoms with Crippen LogP contribution in [0.1, 0.15) is 11.3 Å². The second-order valence-electron chi connectivity index (χ2n) is 2.38. The Kier molecular flexibility index (Phi) is 3.43. The molecule has 11 heavy (non-hydrogen) atoms. The second kappa shape index (κ2) is 3.65. The molecule has 1 aromatic rings. The van der Waals surface area contributed by atoms with Crippen LogP contribution in [0.4, 0.5) is 5.82 Å². The molecule has 0 amide bonds. The molecule has 0 saturated carbocycles. The van der Waals surface area contributed by atoms with Gasteiger partial charge in [-0.2, -0.15) is 0 Å². The predicted octanol–water partition coefficient (Wildman–Crippen LogP) is 1.77. The van der Waals surface area contributed by atoms with Crippen molar-refractivity contribution in [3.63, 3.8) is 0 Å². The van der Waals surface area contributed by atoms with Crippen molar-refractivity contribution in [2.24, 2.45) is 12.0 Å². The molecule has 1 radical (unpaired) electrons. The Labute approximate surface area is 75.1 Å². The van der Waals surface area contributed by atoms with E-state index in [9.17, 15) is 0 Å². The van der Waals surface area contributed by atoms with Gasteiger partial charge in [0.15, 0.2) is 0 Å². The van der Waals surface area contributed by atoms with Gasteiger partial charge in [0, 0.05) is 20.1 Å². The zero-order valence-corrected chi connectivity index (χ0v) is 10.1. The molecule has 3 heteroatoms. The number of aryl methyl sites for hydroxylation is 1. The largest absolute Gasteiger partial charge is 0.427 e. The summed E-state index contributed by atoms with van der Waals surface area (Å²) in [6.45, 7) is 7.50. The standard InChI is InChI=1S/C8H11N2.Am/c1-6-5-8(9-3)10(4)7(6)2;/h3H2,1-2,4H3;/q-1;. The van der Waals surface area contributed by atoms with Crippen molar-refractivity contribution in [2.75, 3.05) is 0 Å². The minimum absolute atomic E-state index is 0. The molecule has 0 N–H and O–H groups in total. The van der Waals surface area contributed by atoms with Crippen molar-refractivity contribution in [1.29, 1.82) is 0 Å². The molecule has 1 heterocycles. The maximum absolute atomic E-state index is 3.81. The smallest absolute Gasteiger partial charge is 0.0227 e. The molecule has 2 nitrogen and oxygen atoms in total. The Bertz CT molecular complexity index is 263. The van der Waals surface area contributed by atoms with E-state index in [2.05, 4.69) is 17.8 Å². The Morgan fingerprint density at radius 1 is 1.45 bits per heavy atom. The third-order valence-corrected chi connectivity index (χ3v) is 1.81. The van der Waals surface area contributed by atoms with E-state index in [1.807, 2.05) is 25.5 Å². The van der Waals surface area contributed by atoms with E-state index >= 15 is 0 Å². The first-order chi connectivity index (χ1) is 4.66. The summed E-state index contributed by atoms with van der Waals surface area (Å²) in [4.78, 5) is 3.81. The van der Waals surface area contributed by atoms with Crippen molar-refractivity contribution < 1.29 is 14.3 Å². The molecule has 1 rings (SSSR count). The third-order valence-electron chi connectivity index (χ3n) is 1.81. The summed E-state index contributed by atoms with van der Waals surface area (Å²) in [6.07, 6.45) is 0. The van der Waals surface area contributed by atoms with Crippen LogP contribution in [0.5, 0.6) is 0 Å². The maximum Gasteiger partial charge on any atom is 0.0227 e. The number of rotatable bonds is 1. The molecule has 0 atom stereocenters. The molecule has 0 aliphatic carbocycles. The molecule has 0 unspecified atom stereocenters. The Balaban J connectivity index is 0.000001000. The van der Waals surface area contributed by atoms with Gasteiger partial charge in [-0.05, 0) is 13.8 Å². The molecule has 1 aromatic heterocycles. The van der Waals surface area contributed by atoms with Gasteiger partial charge in [-0.25, -0.2) is 11.6 Å². The van der Waals surface area contributed by atoms with Gasteiger partial charge in [0.2, 0.25) is 0 Å². The Hall–Kier alpha value is -0.660. The Morgan fingerprint density at radius 2 is 2.00 bits per heavy atom. The molecule has 0 aliphatic rings. The maximum atomic E-state index is 3.81. The van der Waals surface area contributed by atoms with Crippen LogP contribution in [0.25, 0.3) is 0 Å². The first kappa shape index (κ1) is 10.3. The van der Waals surface area contributed by atoms with Crippen LogP contribution in [0, 0.1) is 34.2 Å². The molecular weight excluding hydrogens is 367 g/mol. The van der Waals surface area contributed by atoms with Crippen LogP contribution in [0.15, 0.2) is 4.99 Å².